The van der Waals surface area contributed by atoms with Gasteiger partial charge < -0.3 is 16.4 Å². The van der Waals surface area contributed by atoms with Crippen LogP contribution in [0, 0.1) is 0 Å². The SMILES string of the molecule is C/C=C\C=C(/C)CCc1c(CNC=O)nc(N)nc1NCCCC. The van der Waals surface area contributed by atoms with Crippen LogP contribution in [0.1, 0.15) is 51.3 Å². The van der Waals surface area contributed by atoms with E-state index in [0.29, 0.717) is 13.0 Å². The van der Waals surface area contributed by atoms with Crippen LogP contribution in [-0.4, -0.2) is 22.9 Å². The fourth-order valence-corrected chi connectivity index (χ4v) is 2.29. The van der Waals surface area contributed by atoms with Crippen LogP contribution in [0.2, 0.25) is 0 Å². The van der Waals surface area contributed by atoms with E-state index >= 15 is 0 Å². The van der Waals surface area contributed by atoms with Gasteiger partial charge in [-0.15, -0.1) is 0 Å². The van der Waals surface area contributed by atoms with Gasteiger partial charge in [0.15, 0.2) is 0 Å². The van der Waals surface area contributed by atoms with Crippen LogP contribution < -0.4 is 16.4 Å². The molecule has 6 nitrogen and oxygen atoms in total. The molecule has 0 aliphatic heterocycles. The van der Waals surface area contributed by atoms with E-state index in [-0.39, 0.29) is 5.95 Å². The monoisotopic (exact) mass is 331 g/mol. The topological polar surface area (TPSA) is 92.9 Å². The largest absolute Gasteiger partial charge is 0.370 e. The van der Waals surface area contributed by atoms with Gasteiger partial charge in [0.2, 0.25) is 12.4 Å². The summed E-state index contributed by atoms with van der Waals surface area (Å²) in [7, 11) is 0. The number of carbonyl (C=O) groups is 1. The average Bonchev–Trinajstić information content (AvgIpc) is 2.57. The van der Waals surface area contributed by atoms with Gasteiger partial charge in [0.25, 0.3) is 0 Å². The Labute approximate surface area is 144 Å². The number of hydrogen-bond donors (Lipinski definition) is 3. The minimum Gasteiger partial charge on any atom is -0.370 e. The quantitative estimate of drug-likeness (QED) is 0.329. The second-order valence-electron chi connectivity index (χ2n) is 5.67. The predicted molar refractivity (Wildman–Crippen MR) is 99.6 cm³/mol. The number of hydrogen-bond acceptors (Lipinski definition) is 5. The van der Waals surface area contributed by atoms with Crippen molar-refractivity contribution in [2.75, 3.05) is 17.6 Å². The minimum absolute atomic E-state index is 0.224. The summed E-state index contributed by atoms with van der Waals surface area (Å²) in [6.07, 6.45) is 10.7. The summed E-state index contributed by atoms with van der Waals surface area (Å²) < 4.78 is 0. The number of nitrogens with one attached hydrogen (secondary N) is 2. The van der Waals surface area contributed by atoms with Crippen LogP contribution in [0.3, 0.4) is 0 Å². The fourth-order valence-electron chi connectivity index (χ4n) is 2.29. The van der Waals surface area contributed by atoms with Crippen molar-refractivity contribution < 1.29 is 4.79 Å². The molecule has 4 N–H and O–H groups in total. The van der Waals surface area contributed by atoms with Crippen molar-refractivity contribution >= 4 is 18.2 Å². The lowest BCUT2D eigenvalue weighted by Crippen LogP contribution is -2.18. The summed E-state index contributed by atoms with van der Waals surface area (Å²) in [4.78, 5) is 19.3. The van der Waals surface area contributed by atoms with E-state index < -0.39 is 0 Å². The van der Waals surface area contributed by atoms with Crippen molar-refractivity contribution in [2.24, 2.45) is 0 Å². The number of nitrogens with two attached hydrogens (primary N) is 1. The zero-order valence-electron chi connectivity index (χ0n) is 14.9. The molecule has 0 saturated heterocycles. The number of anilines is 2. The van der Waals surface area contributed by atoms with Crippen LogP contribution in [0.5, 0.6) is 0 Å². The zero-order valence-corrected chi connectivity index (χ0v) is 14.9. The lowest BCUT2D eigenvalue weighted by molar-refractivity contribution is -0.109. The summed E-state index contributed by atoms with van der Waals surface area (Å²) in [5.41, 5.74) is 8.89. The molecule has 1 rings (SSSR count). The van der Waals surface area contributed by atoms with E-state index in [0.717, 1.165) is 49.3 Å². The maximum atomic E-state index is 10.6. The summed E-state index contributed by atoms with van der Waals surface area (Å²) in [6, 6.07) is 0. The smallest absolute Gasteiger partial charge is 0.222 e. The highest BCUT2D eigenvalue weighted by atomic mass is 16.1. The number of unbranched alkanes of at least 4 members (excludes halogenated alkanes) is 1. The van der Waals surface area contributed by atoms with Crippen LogP contribution in [-0.2, 0) is 17.8 Å². The Morgan fingerprint density at radius 2 is 2.12 bits per heavy atom. The normalized spacial score (nSPS) is 11.7. The highest BCUT2D eigenvalue weighted by Gasteiger charge is 2.13. The average molecular weight is 331 g/mol. The molecule has 0 radical (unpaired) electrons. The van der Waals surface area contributed by atoms with Crippen LogP contribution in [0.25, 0.3) is 0 Å². The lowest BCUT2D eigenvalue weighted by Gasteiger charge is -2.15. The van der Waals surface area contributed by atoms with E-state index in [1.165, 1.54) is 5.57 Å². The molecule has 1 aromatic rings. The molecule has 0 fully saturated rings. The molecule has 1 heterocycles. The summed E-state index contributed by atoms with van der Waals surface area (Å²) in [5.74, 6) is 0.999. The molecule has 1 aromatic heterocycles. The molecule has 0 unspecified atom stereocenters. The van der Waals surface area contributed by atoms with Crippen molar-refractivity contribution in [1.82, 2.24) is 15.3 Å². The molecule has 132 valence electrons. The van der Waals surface area contributed by atoms with Crippen LogP contribution in [0.15, 0.2) is 23.8 Å². The summed E-state index contributed by atoms with van der Waals surface area (Å²) >= 11 is 0. The molecule has 0 aliphatic rings. The highest BCUT2D eigenvalue weighted by molar-refractivity contribution is 5.52. The Morgan fingerprint density at radius 1 is 1.33 bits per heavy atom. The van der Waals surface area contributed by atoms with Gasteiger partial charge in [-0.25, -0.2) is 4.98 Å². The fraction of sp³-hybridized carbons (Fsp3) is 0.500. The van der Waals surface area contributed by atoms with E-state index in [2.05, 4.69) is 40.5 Å². The first-order valence-corrected chi connectivity index (χ1v) is 8.47. The van der Waals surface area contributed by atoms with E-state index in [9.17, 15) is 4.79 Å². The Balaban J connectivity index is 3.02. The minimum atomic E-state index is 0.224. The first-order valence-electron chi connectivity index (χ1n) is 8.47. The van der Waals surface area contributed by atoms with Crippen molar-refractivity contribution in [1.29, 1.82) is 0 Å². The molecule has 0 saturated carbocycles. The van der Waals surface area contributed by atoms with Gasteiger partial charge in [-0.1, -0.05) is 37.1 Å². The Kier molecular flexibility index (Phi) is 9.19. The second-order valence-corrected chi connectivity index (χ2v) is 5.67. The number of carbonyl (C=O) groups excluding carboxylic acids is 1. The van der Waals surface area contributed by atoms with Crippen molar-refractivity contribution in [3.8, 4) is 0 Å². The van der Waals surface area contributed by atoms with Gasteiger partial charge in [0, 0.05) is 12.1 Å². The van der Waals surface area contributed by atoms with Gasteiger partial charge in [-0.2, -0.15) is 4.98 Å². The Hall–Kier alpha value is -2.37. The van der Waals surface area contributed by atoms with E-state index in [1.807, 2.05) is 19.1 Å². The van der Waals surface area contributed by atoms with E-state index in [1.54, 1.807) is 0 Å². The van der Waals surface area contributed by atoms with Crippen molar-refractivity contribution in [2.45, 2.75) is 53.0 Å². The number of allylic oxidation sites excluding steroid dienone is 4. The van der Waals surface area contributed by atoms with Gasteiger partial charge in [0.1, 0.15) is 5.82 Å². The van der Waals surface area contributed by atoms with Gasteiger partial charge in [-0.3, -0.25) is 4.79 Å². The number of nitrogens with zero attached hydrogens (tertiary/aromatic N) is 2. The maximum absolute atomic E-state index is 10.6. The van der Waals surface area contributed by atoms with Crippen molar-refractivity contribution in [3.05, 3.63) is 35.1 Å². The van der Waals surface area contributed by atoms with Crippen LogP contribution >= 0.6 is 0 Å². The third kappa shape index (κ3) is 6.81. The van der Waals surface area contributed by atoms with Gasteiger partial charge in [-0.05, 0) is 33.1 Å². The Morgan fingerprint density at radius 3 is 2.79 bits per heavy atom. The molecule has 0 bridgehead atoms. The Bertz CT molecular complexity index is 581. The summed E-state index contributed by atoms with van der Waals surface area (Å²) in [5, 5.41) is 6.03. The molecule has 6 heteroatoms. The molecular formula is C18H29N5O. The third-order valence-corrected chi connectivity index (χ3v) is 3.63. The van der Waals surface area contributed by atoms with Gasteiger partial charge >= 0.3 is 0 Å². The molecule has 1 amide bonds. The van der Waals surface area contributed by atoms with E-state index in [4.69, 9.17) is 5.73 Å². The molecule has 0 aromatic carbocycles. The highest BCUT2D eigenvalue weighted by Crippen LogP contribution is 2.21. The second kappa shape index (κ2) is 11.2. The number of rotatable bonds is 11. The summed E-state index contributed by atoms with van der Waals surface area (Å²) in [6.45, 7) is 7.44. The first-order chi connectivity index (χ1) is 11.6. The molecule has 0 spiro atoms. The predicted octanol–water partition coefficient (Wildman–Crippen LogP) is 2.97. The van der Waals surface area contributed by atoms with Crippen LogP contribution in [0.4, 0.5) is 11.8 Å². The third-order valence-electron chi connectivity index (χ3n) is 3.63. The zero-order chi connectivity index (χ0) is 17.8. The lowest BCUT2D eigenvalue weighted by atomic mass is 10.0. The molecular weight excluding hydrogens is 302 g/mol. The number of nitrogen functional groups attached to an aromatic ring is 1. The first kappa shape index (κ1) is 19.7. The molecule has 0 aliphatic carbocycles. The maximum Gasteiger partial charge on any atom is 0.222 e. The number of aromatic nitrogens is 2. The number of amides is 1. The molecule has 0 atom stereocenters. The van der Waals surface area contributed by atoms with Crippen molar-refractivity contribution in [3.63, 3.8) is 0 Å². The standard InChI is InChI=1S/C18H29N5O/c1-4-6-8-14(3)9-10-15-16(12-20-13-24)22-18(19)23-17(15)21-11-7-5-2/h4,6,8,13H,5,7,9-12H2,1-3H3,(H,20,24)(H3,19,21,22,23)/b6-4-,14-8+. The van der Waals surface area contributed by atoms with Gasteiger partial charge in [0.05, 0.1) is 12.2 Å². The molecule has 24 heavy (non-hydrogen) atoms.